The lowest BCUT2D eigenvalue weighted by atomic mass is 9.50. The standard InChI is InChI=1S/C17H25N5O2/c23-15(14-1-3-24-4-2-14)20-16-6-12-5-13(7-16)9-17(8-12,10-16)22-19-11-18-21-22/h11-14H,1-10H2,(H,20,23). The second kappa shape index (κ2) is 5.25. The zero-order chi connectivity index (χ0) is 16.2. The van der Waals surface area contributed by atoms with Gasteiger partial charge in [-0.1, -0.05) is 0 Å². The van der Waals surface area contributed by atoms with Crippen molar-refractivity contribution >= 4 is 5.91 Å². The second-order valence-corrected chi connectivity index (χ2v) is 8.57. The number of ether oxygens (including phenoxy) is 1. The van der Waals surface area contributed by atoms with Crippen LogP contribution in [-0.2, 0) is 15.1 Å². The van der Waals surface area contributed by atoms with E-state index in [0.717, 1.165) is 44.9 Å². The summed E-state index contributed by atoms with van der Waals surface area (Å²) in [6.07, 6.45) is 10.00. The van der Waals surface area contributed by atoms with Gasteiger partial charge in [0.1, 0.15) is 0 Å². The van der Waals surface area contributed by atoms with E-state index in [4.69, 9.17) is 4.74 Å². The average Bonchev–Trinajstić information content (AvgIpc) is 3.09. The molecule has 2 heterocycles. The van der Waals surface area contributed by atoms with Crippen molar-refractivity contribution in [3.8, 4) is 0 Å². The van der Waals surface area contributed by atoms with Gasteiger partial charge in [0.15, 0.2) is 6.33 Å². The predicted molar refractivity (Wildman–Crippen MR) is 84.9 cm³/mol. The molecule has 1 saturated heterocycles. The first kappa shape index (κ1) is 14.8. The topological polar surface area (TPSA) is 81.9 Å². The van der Waals surface area contributed by atoms with Crippen LogP contribution in [0.1, 0.15) is 51.4 Å². The minimum Gasteiger partial charge on any atom is -0.381 e. The zero-order valence-corrected chi connectivity index (χ0v) is 14.0. The highest BCUT2D eigenvalue weighted by atomic mass is 16.5. The van der Waals surface area contributed by atoms with E-state index in [-0.39, 0.29) is 22.9 Å². The quantitative estimate of drug-likeness (QED) is 0.902. The lowest BCUT2D eigenvalue weighted by Gasteiger charge is -2.61. The summed E-state index contributed by atoms with van der Waals surface area (Å²) < 4.78 is 5.40. The number of carbonyl (C=O) groups excluding carboxylic acids is 1. The summed E-state index contributed by atoms with van der Waals surface area (Å²) in [5.41, 5.74) is -0.101. The van der Waals surface area contributed by atoms with E-state index in [9.17, 15) is 4.79 Å². The lowest BCUT2D eigenvalue weighted by Crippen LogP contribution is -2.66. The highest BCUT2D eigenvalue weighted by Crippen LogP contribution is 2.60. The summed E-state index contributed by atoms with van der Waals surface area (Å²) in [6.45, 7) is 1.42. The van der Waals surface area contributed by atoms with Gasteiger partial charge in [0.05, 0.1) is 5.54 Å². The highest BCUT2D eigenvalue weighted by molar-refractivity contribution is 5.79. The van der Waals surface area contributed by atoms with Crippen molar-refractivity contribution in [2.24, 2.45) is 17.8 Å². The number of carbonyl (C=O) groups is 1. The van der Waals surface area contributed by atoms with E-state index in [0.29, 0.717) is 25.0 Å². The largest absolute Gasteiger partial charge is 0.381 e. The van der Waals surface area contributed by atoms with Crippen molar-refractivity contribution in [1.82, 2.24) is 25.5 Å². The van der Waals surface area contributed by atoms with Crippen molar-refractivity contribution in [3.63, 3.8) is 0 Å². The van der Waals surface area contributed by atoms with Gasteiger partial charge < -0.3 is 10.1 Å². The molecule has 4 saturated carbocycles. The number of aromatic nitrogens is 4. The molecule has 7 heteroatoms. The number of nitrogens with zero attached hydrogens (tertiary/aromatic N) is 4. The van der Waals surface area contributed by atoms with Crippen LogP contribution in [0.4, 0.5) is 0 Å². The lowest BCUT2D eigenvalue weighted by molar-refractivity contribution is -0.137. The third kappa shape index (κ3) is 2.28. The molecule has 1 aromatic heterocycles. The number of hydrogen-bond donors (Lipinski definition) is 1. The molecular weight excluding hydrogens is 306 g/mol. The third-order valence-electron chi connectivity index (χ3n) is 6.78. The monoisotopic (exact) mass is 331 g/mol. The summed E-state index contributed by atoms with van der Waals surface area (Å²) in [5.74, 6) is 1.70. The summed E-state index contributed by atoms with van der Waals surface area (Å²) in [6, 6.07) is 0. The molecule has 1 aromatic rings. The molecule has 4 bridgehead atoms. The average molecular weight is 331 g/mol. The van der Waals surface area contributed by atoms with E-state index in [1.165, 1.54) is 12.7 Å². The van der Waals surface area contributed by atoms with E-state index in [1.54, 1.807) is 0 Å². The van der Waals surface area contributed by atoms with Gasteiger partial charge in [-0.3, -0.25) is 4.79 Å². The summed E-state index contributed by atoms with van der Waals surface area (Å²) in [7, 11) is 0. The molecule has 7 nitrogen and oxygen atoms in total. The molecule has 2 atom stereocenters. The fourth-order valence-corrected chi connectivity index (χ4v) is 6.30. The van der Waals surface area contributed by atoms with Crippen LogP contribution in [0, 0.1) is 17.8 Å². The SMILES string of the molecule is O=C(NC12CC3CC(C1)CC(n1ncnn1)(C3)C2)C1CCOCC1. The number of tetrazole rings is 1. The minimum atomic E-state index is -0.0624. The number of nitrogens with one attached hydrogen (secondary N) is 1. The fourth-order valence-electron chi connectivity index (χ4n) is 6.30. The minimum absolute atomic E-state index is 0.0382. The van der Waals surface area contributed by atoms with Crippen LogP contribution in [-0.4, -0.2) is 44.9 Å². The van der Waals surface area contributed by atoms with E-state index in [2.05, 4.69) is 20.7 Å². The molecule has 1 aliphatic heterocycles. The molecule has 1 N–H and O–H groups in total. The van der Waals surface area contributed by atoms with Gasteiger partial charge in [0.2, 0.25) is 5.91 Å². The Hall–Kier alpha value is -1.50. The number of amides is 1. The maximum absolute atomic E-state index is 12.9. The molecule has 5 fully saturated rings. The van der Waals surface area contributed by atoms with Gasteiger partial charge in [0.25, 0.3) is 0 Å². The third-order valence-corrected chi connectivity index (χ3v) is 6.78. The maximum Gasteiger partial charge on any atom is 0.223 e. The summed E-state index contributed by atoms with van der Waals surface area (Å²) in [4.78, 5) is 14.7. The first-order chi connectivity index (χ1) is 11.7. The normalized spacial score (nSPS) is 41.5. The van der Waals surface area contributed by atoms with Crippen LogP contribution in [0.5, 0.6) is 0 Å². The van der Waals surface area contributed by atoms with Gasteiger partial charge in [-0.25, -0.2) is 0 Å². The number of rotatable bonds is 3. The van der Waals surface area contributed by atoms with Crippen molar-refractivity contribution in [1.29, 1.82) is 0 Å². The Labute approximate surface area is 141 Å². The summed E-state index contributed by atoms with van der Waals surface area (Å²) in [5, 5.41) is 16.0. The van der Waals surface area contributed by atoms with Gasteiger partial charge in [-0.05, 0) is 68.4 Å². The first-order valence-corrected chi connectivity index (χ1v) is 9.30. The maximum atomic E-state index is 12.9. The molecule has 24 heavy (non-hydrogen) atoms. The van der Waals surface area contributed by atoms with E-state index in [1.807, 2.05) is 4.80 Å². The molecule has 5 aliphatic rings. The van der Waals surface area contributed by atoms with Crippen molar-refractivity contribution in [3.05, 3.63) is 6.33 Å². The van der Waals surface area contributed by atoms with Crippen LogP contribution in [0.25, 0.3) is 0 Å². The molecule has 0 aromatic carbocycles. The van der Waals surface area contributed by atoms with Crippen LogP contribution in [0.3, 0.4) is 0 Å². The smallest absolute Gasteiger partial charge is 0.223 e. The Balaban J connectivity index is 1.40. The zero-order valence-electron chi connectivity index (χ0n) is 14.0. The van der Waals surface area contributed by atoms with Gasteiger partial charge >= 0.3 is 0 Å². The molecule has 130 valence electrons. The van der Waals surface area contributed by atoms with Crippen molar-refractivity contribution < 1.29 is 9.53 Å². The molecule has 2 unspecified atom stereocenters. The van der Waals surface area contributed by atoms with Crippen LogP contribution in [0.2, 0.25) is 0 Å². The fraction of sp³-hybridized carbons (Fsp3) is 0.882. The van der Waals surface area contributed by atoms with Crippen molar-refractivity contribution in [2.75, 3.05) is 13.2 Å². The second-order valence-electron chi connectivity index (χ2n) is 8.57. The summed E-state index contributed by atoms with van der Waals surface area (Å²) >= 11 is 0. The van der Waals surface area contributed by atoms with Crippen LogP contribution < -0.4 is 5.32 Å². The van der Waals surface area contributed by atoms with Crippen LogP contribution >= 0.6 is 0 Å². The Bertz CT molecular complexity index is 611. The number of hydrogen-bond acceptors (Lipinski definition) is 5. The Morgan fingerprint density at radius 3 is 2.58 bits per heavy atom. The van der Waals surface area contributed by atoms with E-state index < -0.39 is 0 Å². The molecule has 6 rings (SSSR count). The molecule has 0 spiro atoms. The first-order valence-electron chi connectivity index (χ1n) is 9.30. The molecule has 0 radical (unpaired) electrons. The Morgan fingerprint density at radius 1 is 1.17 bits per heavy atom. The van der Waals surface area contributed by atoms with Crippen LogP contribution in [0.15, 0.2) is 6.33 Å². The highest BCUT2D eigenvalue weighted by Gasteiger charge is 2.60. The van der Waals surface area contributed by atoms with Gasteiger partial charge in [-0.2, -0.15) is 4.80 Å². The molecular formula is C17H25N5O2. The van der Waals surface area contributed by atoms with E-state index >= 15 is 0 Å². The Kier molecular flexibility index (Phi) is 3.24. The molecule has 4 aliphatic carbocycles. The Morgan fingerprint density at radius 2 is 1.92 bits per heavy atom. The van der Waals surface area contributed by atoms with Gasteiger partial charge in [0, 0.05) is 24.7 Å². The molecule has 1 amide bonds. The van der Waals surface area contributed by atoms with Gasteiger partial charge in [-0.15, -0.1) is 10.2 Å². The predicted octanol–water partition coefficient (Wildman–Crippen LogP) is 1.26. The van der Waals surface area contributed by atoms with Crippen molar-refractivity contribution in [2.45, 2.75) is 62.4 Å².